The summed E-state index contributed by atoms with van der Waals surface area (Å²) in [6, 6.07) is 21.1. The van der Waals surface area contributed by atoms with Gasteiger partial charge in [-0.3, -0.25) is 4.90 Å². The number of piperidine rings is 1. The van der Waals surface area contributed by atoms with Gasteiger partial charge < -0.3 is 10.1 Å². The van der Waals surface area contributed by atoms with Crippen molar-refractivity contribution in [2.75, 3.05) is 18.5 Å². The van der Waals surface area contributed by atoms with Gasteiger partial charge in [0, 0.05) is 31.5 Å². The summed E-state index contributed by atoms with van der Waals surface area (Å²) in [6.07, 6.45) is 5.41. The minimum Gasteiger partial charge on any atom is -0.422 e. The topological polar surface area (TPSA) is 74.5 Å². The fourth-order valence-corrected chi connectivity index (χ4v) is 4.78. The van der Waals surface area contributed by atoms with E-state index in [9.17, 15) is 10.0 Å². The van der Waals surface area contributed by atoms with Crippen molar-refractivity contribution >= 4 is 22.5 Å². The molecule has 0 spiro atoms. The predicted molar refractivity (Wildman–Crippen MR) is 135 cm³/mol. The molecule has 1 saturated heterocycles. The Morgan fingerprint density at radius 3 is 2.68 bits per heavy atom. The van der Waals surface area contributed by atoms with Crippen LogP contribution >= 0.6 is 0 Å². The van der Waals surface area contributed by atoms with Gasteiger partial charge in [-0.2, -0.15) is 4.98 Å². The fraction of sp³-hybridized carbons (Fsp3) is 0.296. The van der Waals surface area contributed by atoms with Gasteiger partial charge in [-0.1, -0.05) is 36.8 Å². The second kappa shape index (κ2) is 9.27. The molecule has 3 heterocycles. The number of anilines is 2. The largest absolute Gasteiger partial charge is 0.422 e. The minimum absolute atomic E-state index is 0.181. The van der Waals surface area contributed by atoms with E-state index in [0.717, 1.165) is 29.9 Å². The molecule has 0 aliphatic carbocycles. The molecule has 0 radical (unpaired) electrons. The number of nitrogens with zero attached hydrogens (tertiary/aromatic N) is 5. The normalized spacial score (nSPS) is 16.6. The van der Waals surface area contributed by atoms with Gasteiger partial charge in [-0.25, -0.2) is 9.78 Å². The molecule has 0 bridgehead atoms. The van der Waals surface area contributed by atoms with Crippen LogP contribution in [-0.4, -0.2) is 44.4 Å². The van der Waals surface area contributed by atoms with Gasteiger partial charge in [0.05, 0.1) is 5.39 Å². The lowest BCUT2D eigenvalue weighted by Gasteiger charge is -2.33. The van der Waals surface area contributed by atoms with Crippen molar-refractivity contribution < 1.29 is 5.21 Å². The van der Waals surface area contributed by atoms with E-state index in [0.29, 0.717) is 22.0 Å². The van der Waals surface area contributed by atoms with E-state index < -0.39 is 5.69 Å². The van der Waals surface area contributed by atoms with Gasteiger partial charge in [0.25, 0.3) is 0 Å². The maximum Gasteiger partial charge on any atom is 0.384 e. The van der Waals surface area contributed by atoms with Crippen molar-refractivity contribution in [2.24, 2.45) is 0 Å². The molecule has 174 valence electrons. The first-order valence-electron chi connectivity index (χ1n) is 11.8. The molecule has 0 saturated carbocycles. The first-order valence-corrected chi connectivity index (χ1v) is 11.8. The molecule has 7 nitrogen and oxygen atoms in total. The van der Waals surface area contributed by atoms with E-state index in [4.69, 9.17) is 0 Å². The van der Waals surface area contributed by atoms with Crippen molar-refractivity contribution in [2.45, 2.75) is 38.8 Å². The minimum atomic E-state index is -0.760. The third kappa shape index (κ3) is 4.26. The SMILES string of the molecule is CC1CCCCN1Cc1cccc(-c2cccc(N(C)c3nc(=O)n(O)c4ncccc34)c2)c1. The van der Waals surface area contributed by atoms with Crippen LogP contribution in [0.25, 0.3) is 22.2 Å². The van der Waals surface area contributed by atoms with Crippen molar-refractivity contribution in [1.82, 2.24) is 19.6 Å². The van der Waals surface area contributed by atoms with E-state index in [1.807, 2.05) is 24.1 Å². The Hall–Kier alpha value is -3.71. The van der Waals surface area contributed by atoms with Crippen molar-refractivity contribution in [3.05, 3.63) is 82.9 Å². The molecule has 1 atom stereocenters. The molecule has 2 aromatic heterocycles. The van der Waals surface area contributed by atoms with Crippen LogP contribution in [0.5, 0.6) is 0 Å². The molecule has 1 N–H and O–H groups in total. The summed E-state index contributed by atoms with van der Waals surface area (Å²) in [4.78, 5) is 24.9. The van der Waals surface area contributed by atoms with Crippen LogP contribution in [0, 0.1) is 0 Å². The summed E-state index contributed by atoms with van der Waals surface area (Å²) in [5, 5.41) is 10.6. The van der Waals surface area contributed by atoms with Crippen molar-refractivity contribution in [3.63, 3.8) is 0 Å². The Kier molecular flexibility index (Phi) is 6.02. The fourth-order valence-electron chi connectivity index (χ4n) is 4.78. The zero-order chi connectivity index (χ0) is 23.7. The number of likely N-dealkylation sites (tertiary alicyclic amines) is 1. The molecule has 1 aliphatic rings. The standard InChI is InChI=1S/C27H29N5O2/c1-19-8-3-4-15-31(19)18-20-9-5-10-21(16-20)22-11-6-12-23(17-22)30(2)26-24-13-7-14-28-25(24)32(34)27(33)29-26/h5-7,9-14,16-17,19,34H,3-4,8,15,18H2,1-2H3. The molecular formula is C27H29N5O2. The summed E-state index contributed by atoms with van der Waals surface area (Å²) in [7, 11) is 1.86. The van der Waals surface area contributed by atoms with Crippen molar-refractivity contribution in [3.8, 4) is 11.1 Å². The van der Waals surface area contributed by atoms with Gasteiger partial charge in [0.2, 0.25) is 0 Å². The number of hydrogen-bond acceptors (Lipinski definition) is 6. The second-order valence-corrected chi connectivity index (χ2v) is 9.03. The van der Waals surface area contributed by atoms with Crippen LogP contribution in [0.1, 0.15) is 31.7 Å². The molecule has 7 heteroatoms. The predicted octanol–water partition coefficient (Wildman–Crippen LogP) is 4.84. The average molecular weight is 456 g/mol. The first-order chi connectivity index (χ1) is 16.5. The number of benzene rings is 2. The third-order valence-corrected chi connectivity index (χ3v) is 6.75. The maximum absolute atomic E-state index is 12.2. The molecule has 5 rings (SSSR count). The van der Waals surface area contributed by atoms with Gasteiger partial charge in [-0.05, 0) is 73.3 Å². The highest BCUT2D eigenvalue weighted by Crippen LogP contribution is 2.31. The lowest BCUT2D eigenvalue weighted by Crippen LogP contribution is -2.36. The molecule has 34 heavy (non-hydrogen) atoms. The Bertz CT molecular complexity index is 1380. The summed E-state index contributed by atoms with van der Waals surface area (Å²) in [5.41, 5.74) is 3.87. The van der Waals surface area contributed by atoms with Crippen LogP contribution < -0.4 is 10.6 Å². The zero-order valence-electron chi connectivity index (χ0n) is 19.6. The summed E-state index contributed by atoms with van der Waals surface area (Å²) in [6.45, 7) is 4.45. The first kappa shape index (κ1) is 22.1. The van der Waals surface area contributed by atoms with E-state index in [1.165, 1.54) is 31.0 Å². The third-order valence-electron chi connectivity index (χ3n) is 6.75. The number of fused-ring (bicyclic) bond motifs is 1. The summed E-state index contributed by atoms with van der Waals surface area (Å²) >= 11 is 0. The van der Waals surface area contributed by atoms with E-state index >= 15 is 0 Å². The lowest BCUT2D eigenvalue weighted by atomic mass is 10.00. The van der Waals surface area contributed by atoms with Crippen LogP contribution in [0.4, 0.5) is 11.5 Å². The average Bonchev–Trinajstić information content (AvgIpc) is 2.87. The molecule has 1 unspecified atom stereocenters. The Morgan fingerprint density at radius 2 is 1.85 bits per heavy atom. The quantitative estimate of drug-likeness (QED) is 0.434. The summed E-state index contributed by atoms with van der Waals surface area (Å²) < 4.78 is 0.484. The van der Waals surface area contributed by atoms with Gasteiger partial charge in [0.1, 0.15) is 5.82 Å². The summed E-state index contributed by atoms with van der Waals surface area (Å²) in [5.74, 6) is 0.448. The van der Waals surface area contributed by atoms with Crippen LogP contribution in [-0.2, 0) is 6.54 Å². The Balaban J connectivity index is 1.46. The van der Waals surface area contributed by atoms with Gasteiger partial charge >= 0.3 is 5.69 Å². The second-order valence-electron chi connectivity index (χ2n) is 9.03. The Labute approximate surface area is 198 Å². The monoisotopic (exact) mass is 455 g/mol. The molecule has 0 amide bonds. The number of pyridine rings is 1. The van der Waals surface area contributed by atoms with Gasteiger partial charge in [0.15, 0.2) is 5.65 Å². The highest BCUT2D eigenvalue weighted by atomic mass is 16.5. The van der Waals surface area contributed by atoms with E-state index in [2.05, 4.69) is 58.2 Å². The molecule has 2 aromatic carbocycles. The van der Waals surface area contributed by atoms with Crippen LogP contribution in [0.2, 0.25) is 0 Å². The molecular weight excluding hydrogens is 426 g/mol. The van der Waals surface area contributed by atoms with E-state index in [1.54, 1.807) is 12.1 Å². The zero-order valence-corrected chi connectivity index (χ0v) is 19.6. The highest BCUT2D eigenvalue weighted by molar-refractivity contribution is 5.89. The molecule has 1 aliphatic heterocycles. The van der Waals surface area contributed by atoms with Crippen LogP contribution in [0.15, 0.2) is 71.7 Å². The van der Waals surface area contributed by atoms with E-state index in [-0.39, 0.29) is 5.65 Å². The number of hydrogen-bond donors (Lipinski definition) is 1. The highest BCUT2D eigenvalue weighted by Gasteiger charge is 2.19. The van der Waals surface area contributed by atoms with Gasteiger partial charge in [-0.15, -0.1) is 4.73 Å². The number of aromatic nitrogens is 3. The number of rotatable bonds is 5. The van der Waals surface area contributed by atoms with Crippen molar-refractivity contribution in [1.29, 1.82) is 0 Å². The lowest BCUT2D eigenvalue weighted by molar-refractivity contribution is 0.152. The molecule has 1 fully saturated rings. The van der Waals surface area contributed by atoms with Crippen LogP contribution in [0.3, 0.4) is 0 Å². The maximum atomic E-state index is 12.2. The Morgan fingerprint density at radius 1 is 1.06 bits per heavy atom. The smallest absolute Gasteiger partial charge is 0.384 e. The molecule has 4 aromatic rings.